The molecular formula is C23H21NO2. The number of hydrogen-bond donors (Lipinski definition) is 0. The van der Waals surface area contributed by atoms with Crippen molar-refractivity contribution in [2.24, 2.45) is 0 Å². The fourth-order valence-corrected chi connectivity index (χ4v) is 2.79. The molecule has 0 spiro atoms. The predicted molar refractivity (Wildman–Crippen MR) is 103 cm³/mol. The SMILES string of the molecule is COc1ccc(COCCc2ccc(-c3ccccc3C#N)cc2)cc1. The van der Waals surface area contributed by atoms with Gasteiger partial charge < -0.3 is 9.47 Å². The summed E-state index contributed by atoms with van der Waals surface area (Å²) in [7, 11) is 1.66. The van der Waals surface area contributed by atoms with Crippen molar-refractivity contribution in [3.05, 3.63) is 89.5 Å². The van der Waals surface area contributed by atoms with Gasteiger partial charge in [0.15, 0.2) is 0 Å². The Bertz CT molecular complexity index is 877. The molecule has 0 atom stereocenters. The van der Waals surface area contributed by atoms with Crippen LogP contribution < -0.4 is 4.74 Å². The first kappa shape index (κ1) is 17.7. The standard InChI is InChI=1S/C23H21NO2/c1-25-22-12-8-19(9-13-22)17-26-15-14-18-6-10-20(11-7-18)23-5-3-2-4-21(23)16-24/h2-13H,14-15,17H2,1H3. The van der Waals surface area contributed by atoms with Crippen LogP contribution in [-0.2, 0) is 17.8 Å². The van der Waals surface area contributed by atoms with Gasteiger partial charge in [0.05, 0.1) is 32.0 Å². The molecule has 130 valence electrons. The highest BCUT2D eigenvalue weighted by Gasteiger charge is 2.04. The molecule has 0 unspecified atom stereocenters. The summed E-state index contributed by atoms with van der Waals surface area (Å²) in [5, 5.41) is 9.23. The highest BCUT2D eigenvalue weighted by Crippen LogP contribution is 2.23. The molecule has 0 heterocycles. The lowest BCUT2D eigenvalue weighted by Gasteiger charge is -2.08. The minimum absolute atomic E-state index is 0.595. The van der Waals surface area contributed by atoms with Gasteiger partial charge in [0.25, 0.3) is 0 Å². The van der Waals surface area contributed by atoms with Crippen molar-refractivity contribution in [1.29, 1.82) is 5.26 Å². The lowest BCUT2D eigenvalue weighted by Crippen LogP contribution is -1.99. The van der Waals surface area contributed by atoms with Gasteiger partial charge in [-0.1, -0.05) is 54.6 Å². The van der Waals surface area contributed by atoms with Gasteiger partial charge in [-0.05, 0) is 46.9 Å². The van der Waals surface area contributed by atoms with E-state index in [-0.39, 0.29) is 0 Å². The van der Waals surface area contributed by atoms with Gasteiger partial charge >= 0.3 is 0 Å². The lowest BCUT2D eigenvalue weighted by molar-refractivity contribution is 0.124. The highest BCUT2D eigenvalue weighted by atomic mass is 16.5. The molecule has 3 aromatic rings. The van der Waals surface area contributed by atoms with Crippen LogP contribution in [0, 0.1) is 11.3 Å². The quantitative estimate of drug-likeness (QED) is 0.567. The zero-order valence-corrected chi connectivity index (χ0v) is 14.8. The third-order valence-electron chi connectivity index (χ3n) is 4.28. The molecule has 0 fully saturated rings. The molecular weight excluding hydrogens is 322 g/mol. The Labute approximate surface area is 154 Å². The number of benzene rings is 3. The zero-order chi connectivity index (χ0) is 18.2. The van der Waals surface area contributed by atoms with Crippen molar-refractivity contribution >= 4 is 0 Å². The van der Waals surface area contributed by atoms with Crippen LogP contribution in [0.2, 0.25) is 0 Å². The largest absolute Gasteiger partial charge is 0.497 e. The number of methoxy groups -OCH3 is 1. The fourth-order valence-electron chi connectivity index (χ4n) is 2.79. The molecule has 0 bridgehead atoms. The second-order valence-electron chi connectivity index (χ2n) is 6.00. The van der Waals surface area contributed by atoms with Gasteiger partial charge in [-0.3, -0.25) is 0 Å². The molecule has 3 nitrogen and oxygen atoms in total. The molecule has 0 saturated heterocycles. The third kappa shape index (κ3) is 4.50. The van der Waals surface area contributed by atoms with E-state index in [9.17, 15) is 5.26 Å². The molecule has 0 aromatic heterocycles. The van der Waals surface area contributed by atoms with Crippen LogP contribution in [0.25, 0.3) is 11.1 Å². The number of hydrogen-bond acceptors (Lipinski definition) is 3. The number of rotatable bonds is 7. The Morgan fingerprint density at radius 2 is 1.54 bits per heavy atom. The van der Waals surface area contributed by atoms with Crippen LogP contribution in [0.15, 0.2) is 72.8 Å². The second kappa shape index (κ2) is 8.84. The van der Waals surface area contributed by atoms with Crippen LogP contribution in [0.1, 0.15) is 16.7 Å². The average Bonchev–Trinajstić information content (AvgIpc) is 2.72. The fraction of sp³-hybridized carbons (Fsp3) is 0.174. The summed E-state index contributed by atoms with van der Waals surface area (Å²) in [5.41, 5.74) is 5.08. The van der Waals surface area contributed by atoms with Crippen molar-refractivity contribution in [2.75, 3.05) is 13.7 Å². The Hall–Kier alpha value is -3.09. The Morgan fingerprint density at radius 3 is 2.23 bits per heavy atom. The topological polar surface area (TPSA) is 42.2 Å². The Balaban J connectivity index is 1.52. The van der Waals surface area contributed by atoms with Gasteiger partial charge in [0.1, 0.15) is 5.75 Å². The van der Waals surface area contributed by atoms with Crippen molar-refractivity contribution in [3.63, 3.8) is 0 Å². The molecule has 0 aliphatic rings. The van der Waals surface area contributed by atoms with Crippen molar-refractivity contribution in [2.45, 2.75) is 13.0 Å². The summed E-state index contributed by atoms with van der Waals surface area (Å²) in [4.78, 5) is 0. The van der Waals surface area contributed by atoms with Crippen molar-refractivity contribution < 1.29 is 9.47 Å². The Morgan fingerprint density at radius 1 is 0.846 bits per heavy atom. The Kier molecular flexibility index (Phi) is 6.03. The normalized spacial score (nSPS) is 10.3. The minimum atomic E-state index is 0.595. The monoisotopic (exact) mass is 343 g/mol. The summed E-state index contributed by atoms with van der Waals surface area (Å²) in [6.07, 6.45) is 0.857. The van der Waals surface area contributed by atoms with Gasteiger partial charge in [-0.25, -0.2) is 0 Å². The van der Waals surface area contributed by atoms with E-state index in [1.165, 1.54) is 5.56 Å². The highest BCUT2D eigenvalue weighted by molar-refractivity contribution is 5.70. The van der Waals surface area contributed by atoms with E-state index in [1.807, 2.05) is 48.5 Å². The van der Waals surface area contributed by atoms with Crippen LogP contribution in [0.4, 0.5) is 0 Å². The molecule has 0 radical (unpaired) electrons. The van der Waals surface area contributed by atoms with E-state index in [0.29, 0.717) is 18.8 Å². The van der Waals surface area contributed by atoms with E-state index in [1.54, 1.807) is 7.11 Å². The molecule has 0 N–H and O–H groups in total. The second-order valence-corrected chi connectivity index (χ2v) is 6.00. The molecule has 0 aliphatic heterocycles. The maximum absolute atomic E-state index is 9.23. The number of nitriles is 1. The molecule has 3 rings (SSSR count). The summed E-state index contributed by atoms with van der Waals surface area (Å²) in [6.45, 7) is 1.26. The summed E-state index contributed by atoms with van der Waals surface area (Å²) < 4.78 is 10.9. The smallest absolute Gasteiger partial charge is 0.118 e. The number of nitrogens with zero attached hydrogens (tertiary/aromatic N) is 1. The van der Waals surface area contributed by atoms with Gasteiger partial charge in [0.2, 0.25) is 0 Å². The summed E-state index contributed by atoms with van der Waals surface area (Å²) in [5.74, 6) is 0.854. The molecule has 0 saturated carbocycles. The van der Waals surface area contributed by atoms with Gasteiger partial charge in [-0.15, -0.1) is 0 Å². The number of ether oxygens (including phenoxy) is 2. The first-order valence-corrected chi connectivity index (χ1v) is 8.59. The third-order valence-corrected chi connectivity index (χ3v) is 4.28. The van der Waals surface area contributed by atoms with Crippen LogP contribution in [0.5, 0.6) is 5.75 Å². The van der Waals surface area contributed by atoms with Crippen LogP contribution >= 0.6 is 0 Å². The predicted octanol–water partition coefficient (Wildman–Crippen LogP) is 4.99. The minimum Gasteiger partial charge on any atom is -0.497 e. The van der Waals surface area contributed by atoms with Crippen molar-refractivity contribution in [1.82, 2.24) is 0 Å². The summed E-state index contributed by atoms with van der Waals surface area (Å²) >= 11 is 0. The van der Waals surface area contributed by atoms with Crippen LogP contribution in [0.3, 0.4) is 0 Å². The maximum atomic E-state index is 9.23. The van der Waals surface area contributed by atoms with E-state index < -0.39 is 0 Å². The summed E-state index contributed by atoms with van der Waals surface area (Å²) in [6, 6.07) is 26.1. The van der Waals surface area contributed by atoms with E-state index in [0.717, 1.165) is 28.9 Å². The maximum Gasteiger partial charge on any atom is 0.118 e. The molecule has 0 aliphatic carbocycles. The zero-order valence-electron chi connectivity index (χ0n) is 14.8. The first-order valence-electron chi connectivity index (χ1n) is 8.59. The molecule has 3 aromatic carbocycles. The van der Waals surface area contributed by atoms with Gasteiger partial charge in [-0.2, -0.15) is 5.26 Å². The molecule has 3 heteroatoms. The van der Waals surface area contributed by atoms with Crippen LogP contribution in [-0.4, -0.2) is 13.7 Å². The molecule has 26 heavy (non-hydrogen) atoms. The molecule has 0 amide bonds. The first-order chi connectivity index (χ1) is 12.8. The lowest BCUT2D eigenvalue weighted by atomic mass is 9.99. The van der Waals surface area contributed by atoms with E-state index in [4.69, 9.17) is 9.47 Å². The van der Waals surface area contributed by atoms with E-state index >= 15 is 0 Å². The van der Waals surface area contributed by atoms with Crippen molar-refractivity contribution in [3.8, 4) is 22.9 Å². The average molecular weight is 343 g/mol. The van der Waals surface area contributed by atoms with E-state index in [2.05, 4.69) is 30.3 Å². The van der Waals surface area contributed by atoms with Gasteiger partial charge in [0, 0.05) is 0 Å².